The molecule has 2 aromatic carbocycles. The van der Waals surface area contributed by atoms with Crippen molar-refractivity contribution in [2.75, 3.05) is 6.61 Å². The topological polar surface area (TPSA) is 43.4 Å². The predicted molar refractivity (Wildman–Crippen MR) is 87.7 cm³/mol. The van der Waals surface area contributed by atoms with Crippen LogP contribution >= 0.6 is 0 Å². The highest BCUT2D eigenvalue weighted by Gasteiger charge is 2.39. The Morgan fingerprint density at radius 1 is 0.920 bits per heavy atom. The Balaban J connectivity index is 2.06. The van der Waals surface area contributed by atoms with Crippen molar-refractivity contribution in [2.24, 2.45) is 0 Å². The number of ketones is 2. The molecule has 0 N–H and O–H groups in total. The molecular weight excluding hydrogens is 333 g/mol. The summed E-state index contributed by atoms with van der Waals surface area (Å²) in [6.07, 6.45) is -5.25. The zero-order valence-electron chi connectivity index (χ0n) is 13.6. The van der Waals surface area contributed by atoms with Crippen molar-refractivity contribution in [2.45, 2.75) is 25.9 Å². The summed E-state index contributed by atoms with van der Waals surface area (Å²) in [5, 5.41) is 0. The first-order valence-corrected chi connectivity index (χ1v) is 7.77. The molecule has 0 bridgehead atoms. The zero-order valence-corrected chi connectivity index (χ0v) is 13.6. The molecule has 0 heterocycles. The molecule has 132 valence electrons. The van der Waals surface area contributed by atoms with Crippen molar-refractivity contribution in [3.8, 4) is 16.9 Å². The van der Waals surface area contributed by atoms with E-state index in [1.165, 1.54) is 12.1 Å². The molecule has 0 amide bonds. The van der Waals surface area contributed by atoms with E-state index in [0.29, 0.717) is 6.61 Å². The monoisotopic (exact) mass is 350 g/mol. The van der Waals surface area contributed by atoms with E-state index in [1.807, 2.05) is 31.2 Å². The van der Waals surface area contributed by atoms with Crippen molar-refractivity contribution in [1.29, 1.82) is 0 Å². The lowest BCUT2D eigenvalue weighted by Gasteiger charge is -2.07. The van der Waals surface area contributed by atoms with Crippen LogP contribution in [-0.2, 0) is 4.79 Å². The van der Waals surface area contributed by atoms with E-state index < -0.39 is 24.2 Å². The second-order valence-corrected chi connectivity index (χ2v) is 5.47. The molecule has 0 spiro atoms. The first kappa shape index (κ1) is 18.7. The van der Waals surface area contributed by atoms with Crippen LogP contribution in [0, 0.1) is 0 Å². The molecule has 3 nitrogen and oxygen atoms in total. The molecule has 0 atom stereocenters. The summed E-state index contributed by atoms with van der Waals surface area (Å²) < 4.78 is 42.1. The normalized spacial score (nSPS) is 11.2. The fraction of sp³-hybridized carbons (Fsp3) is 0.263. The van der Waals surface area contributed by atoms with Crippen LogP contribution in [0.4, 0.5) is 13.2 Å². The van der Waals surface area contributed by atoms with Gasteiger partial charge in [0.1, 0.15) is 5.75 Å². The number of rotatable bonds is 7. The fourth-order valence-corrected chi connectivity index (χ4v) is 2.16. The van der Waals surface area contributed by atoms with Gasteiger partial charge in [0, 0.05) is 5.56 Å². The second kappa shape index (κ2) is 7.96. The number of carbonyl (C=O) groups excluding carboxylic acids is 2. The van der Waals surface area contributed by atoms with E-state index >= 15 is 0 Å². The van der Waals surface area contributed by atoms with Crippen LogP contribution in [0.3, 0.4) is 0 Å². The molecule has 0 radical (unpaired) electrons. The lowest BCUT2D eigenvalue weighted by atomic mass is 10.0. The number of hydrogen-bond acceptors (Lipinski definition) is 3. The Morgan fingerprint density at radius 2 is 1.44 bits per heavy atom. The van der Waals surface area contributed by atoms with Gasteiger partial charge in [-0.1, -0.05) is 43.3 Å². The van der Waals surface area contributed by atoms with Crippen molar-refractivity contribution in [3.05, 3.63) is 54.1 Å². The molecular formula is C19H17F3O3. The van der Waals surface area contributed by atoms with Gasteiger partial charge in [-0.3, -0.25) is 9.59 Å². The average Bonchev–Trinajstić information content (AvgIpc) is 2.59. The first-order valence-electron chi connectivity index (χ1n) is 7.77. The minimum atomic E-state index is -4.99. The van der Waals surface area contributed by atoms with Crippen LogP contribution in [-0.4, -0.2) is 24.3 Å². The van der Waals surface area contributed by atoms with Crippen LogP contribution in [0.25, 0.3) is 11.1 Å². The van der Waals surface area contributed by atoms with Crippen LogP contribution in [0.15, 0.2) is 48.5 Å². The molecule has 0 unspecified atom stereocenters. The summed E-state index contributed by atoms with van der Waals surface area (Å²) in [5.74, 6) is -2.13. The second-order valence-electron chi connectivity index (χ2n) is 5.47. The van der Waals surface area contributed by atoms with Gasteiger partial charge >= 0.3 is 6.18 Å². The van der Waals surface area contributed by atoms with Gasteiger partial charge in [-0.05, 0) is 29.7 Å². The van der Waals surface area contributed by atoms with Gasteiger partial charge < -0.3 is 4.74 Å². The third kappa shape index (κ3) is 5.17. The molecule has 0 saturated carbocycles. The first-order chi connectivity index (χ1) is 11.8. The fourth-order valence-electron chi connectivity index (χ4n) is 2.16. The van der Waals surface area contributed by atoms with Gasteiger partial charge in [0.05, 0.1) is 13.0 Å². The highest BCUT2D eigenvalue weighted by atomic mass is 19.4. The van der Waals surface area contributed by atoms with E-state index in [0.717, 1.165) is 23.3 Å². The standard InChI is InChI=1S/C19H17F3O3/c1-2-11-25-16-9-7-14(8-10-16)13-3-5-15(6-4-13)17(23)12-18(24)19(20,21)22/h3-10H,2,11-12H2,1H3. The Hall–Kier alpha value is -2.63. The van der Waals surface area contributed by atoms with Crippen molar-refractivity contribution >= 4 is 11.6 Å². The van der Waals surface area contributed by atoms with E-state index in [2.05, 4.69) is 0 Å². The third-order valence-corrected chi connectivity index (χ3v) is 3.50. The summed E-state index contributed by atoms with van der Waals surface area (Å²) in [4.78, 5) is 22.6. The number of Topliss-reactive ketones (excluding diaryl/α,β-unsaturated/α-hetero) is 2. The Morgan fingerprint density at radius 3 is 1.92 bits per heavy atom. The maximum absolute atomic E-state index is 12.2. The van der Waals surface area contributed by atoms with E-state index in [-0.39, 0.29) is 5.56 Å². The number of carbonyl (C=O) groups is 2. The number of halogens is 3. The molecule has 0 fully saturated rings. The summed E-state index contributed by atoms with van der Waals surface area (Å²) in [5.41, 5.74) is 1.76. The van der Waals surface area contributed by atoms with Crippen LogP contribution in [0.2, 0.25) is 0 Å². The largest absolute Gasteiger partial charge is 0.494 e. The Bertz CT molecular complexity index is 732. The SMILES string of the molecule is CCCOc1ccc(-c2ccc(C(=O)CC(=O)C(F)(F)F)cc2)cc1. The summed E-state index contributed by atoms with van der Waals surface area (Å²) in [6, 6.07) is 13.5. The van der Waals surface area contributed by atoms with Crippen LogP contribution < -0.4 is 4.74 Å². The van der Waals surface area contributed by atoms with E-state index in [1.54, 1.807) is 12.1 Å². The van der Waals surface area contributed by atoms with Crippen LogP contribution in [0.1, 0.15) is 30.1 Å². The van der Waals surface area contributed by atoms with E-state index in [4.69, 9.17) is 4.74 Å². The lowest BCUT2D eigenvalue weighted by Crippen LogP contribution is -2.25. The Kier molecular flexibility index (Phi) is 5.96. The predicted octanol–water partition coefficient (Wildman–Crippen LogP) is 4.85. The van der Waals surface area contributed by atoms with Gasteiger partial charge in [0.15, 0.2) is 5.78 Å². The highest BCUT2D eigenvalue weighted by Crippen LogP contribution is 2.24. The summed E-state index contributed by atoms with van der Waals surface area (Å²) in [6.45, 7) is 2.65. The smallest absolute Gasteiger partial charge is 0.450 e. The van der Waals surface area contributed by atoms with Crippen molar-refractivity contribution in [3.63, 3.8) is 0 Å². The maximum atomic E-state index is 12.2. The van der Waals surface area contributed by atoms with Crippen molar-refractivity contribution < 1.29 is 27.5 Å². The molecule has 25 heavy (non-hydrogen) atoms. The minimum absolute atomic E-state index is 0.0734. The molecule has 0 aliphatic heterocycles. The molecule has 2 aromatic rings. The van der Waals surface area contributed by atoms with Gasteiger partial charge in [0.2, 0.25) is 5.78 Å². The Labute approximate surface area is 143 Å². The highest BCUT2D eigenvalue weighted by molar-refractivity contribution is 6.09. The quantitative estimate of drug-likeness (QED) is 0.530. The molecule has 0 saturated heterocycles. The minimum Gasteiger partial charge on any atom is -0.494 e. The third-order valence-electron chi connectivity index (χ3n) is 3.50. The zero-order chi connectivity index (χ0) is 18.4. The van der Waals surface area contributed by atoms with E-state index in [9.17, 15) is 22.8 Å². The average molecular weight is 350 g/mol. The summed E-state index contributed by atoms with van der Waals surface area (Å²) >= 11 is 0. The van der Waals surface area contributed by atoms with Crippen LogP contribution in [0.5, 0.6) is 5.75 Å². The number of ether oxygens (including phenoxy) is 1. The number of hydrogen-bond donors (Lipinski definition) is 0. The van der Waals surface area contributed by atoms with Gasteiger partial charge in [-0.2, -0.15) is 13.2 Å². The molecule has 0 aliphatic rings. The molecule has 0 aliphatic carbocycles. The van der Waals surface area contributed by atoms with Crippen molar-refractivity contribution in [1.82, 2.24) is 0 Å². The molecule has 2 rings (SSSR count). The van der Waals surface area contributed by atoms with Gasteiger partial charge in [-0.15, -0.1) is 0 Å². The lowest BCUT2D eigenvalue weighted by molar-refractivity contribution is -0.170. The molecule has 6 heteroatoms. The van der Waals surface area contributed by atoms with Gasteiger partial charge in [-0.25, -0.2) is 0 Å². The molecule has 0 aromatic heterocycles. The summed E-state index contributed by atoms with van der Waals surface area (Å²) in [7, 11) is 0. The maximum Gasteiger partial charge on any atom is 0.450 e. The van der Waals surface area contributed by atoms with Gasteiger partial charge in [0.25, 0.3) is 0 Å². The number of benzene rings is 2. The number of alkyl halides is 3.